The summed E-state index contributed by atoms with van der Waals surface area (Å²) in [6.45, 7) is 0. The second kappa shape index (κ2) is 3.49. The molecule has 1 aromatic rings. The largest absolute Gasteiger partial charge is 0.396 e. The van der Waals surface area contributed by atoms with Crippen molar-refractivity contribution < 1.29 is 9.18 Å². The SMILES string of the molecule is Nc1cc2c(cc1F)SCCC(=O)N2. The highest BCUT2D eigenvalue weighted by atomic mass is 32.2. The van der Waals surface area contributed by atoms with Crippen molar-refractivity contribution in [2.45, 2.75) is 11.3 Å². The van der Waals surface area contributed by atoms with Gasteiger partial charge in [0.15, 0.2) is 0 Å². The van der Waals surface area contributed by atoms with Gasteiger partial charge in [-0.1, -0.05) is 0 Å². The van der Waals surface area contributed by atoms with Crippen molar-refractivity contribution in [1.29, 1.82) is 0 Å². The molecule has 0 unspecified atom stereocenters. The Kier molecular flexibility index (Phi) is 2.33. The molecule has 1 amide bonds. The fourth-order valence-corrected chi connectivity index (χ4v) is 2.21. The second-order valence-corrected chi connectivity index (χ2v) is 4.15. The minimum Gasteiger partial charge on any atom is -0.396 e. The number of anilines is 2. The van der Waals surface area contributed by atoms with Gasteiger partial charge in [0.1, 0.15) is 5.82 Å². The summed E-state index contributed by atoms with van der Waals surface area (Å²) in [7, 11) is 0. The molecule has 1 aromatic carbocycles. The fourth-order valence-electron chi connectivity index (χ4n) is 1.26. The summed E-state index contributed by atoms with van der Waals surface area (Å²) in [4.78, 5) is 11.9. The maximum atomic E-state index is 13.1. The molecule has 14 heavy (non-hydrogen) atoms. The molecule has 0 spiro atoms. The van der Waals surface area contributed by atoms with E-state index < -0.39 is 5.82 Å². The number of amides is 1. The number of nitrogens with two attached hydrogens (primary N) is 1. The number of carbonyl (C=O) groups is 1. The van der Waals surface area contributed by atoms with Crippen LogP contribution in [0, 0.1) is 5.82 Å². The monoisotopic (exact) mass is 212 g/mol. The quantitative estimate of drug-likeness (QED) is 0.645. The van der Waals surface area contributed by atoms with Crippen LogP contribution in [0.3, 0.4) is 0 Å². The van der Waals surface area contributed by atoms with Gasteiger partial charge in [-0.3, -0.25) is 4.79 Å². The molecule has 0 atom stereocenters. The van der Waals surface area contributed by atoms with Gasteiger partial charge in [-0.25, -0.2) is 4.39 Å². The van der Waals surface area contributed by atoms with Crippen LogP contribution in [-0.2, 0) is 4.79 Å². The Morgan fingerprint density at radius 3 is 3.07 bits per heavy atom. The van der Waals surface area contributed by atoms with Gasteiger partial charge >= 0.3 is 0 Å². The third-order valence-corrected chi connectivity index (χ3v) is 3.02. The number of fused-ring (bicyclic) bond motifs is 1. The standard InChI is InChI=1S/C9H9FN2OS/c10-5-3-8-7(4-6(5)11)12-9(13)1-2-14-8/h3-4H,1-2,11H2,(H,12,13). The zero-order chi connectivity index (χ0) is 10.1. The zero-order valence-corrected chi connectivity index (χ0v) is 8.16. The van der Waals surface area contributed by atoms with Crippen molar-refractivity contribution >= 4 is 29.0 Å². The minimum absolute atomic E-state index is 0.0535. The summed E-state index contributed by atoms with van der Waals surface area (Å²) in [5.74, 6) is 0.178. The number of nitrogens with one attached hydrogen (secondary N) is 1. The summed E-state index contributed by atoms with van der Waals surface area (Å²) < 4.78 is 13.1. The lowest BCUT2D eigenvalue weighted by atomic mass is 10.2. The van der Waals surface area contributed by atoms with Gasteiger partial charge in [0, 0.05) is 17.1 Å². The van der Waals surface area contributed by atoms with Crippen molar-refractivity contribution in [3.63, 3.8) is 0 Å². The Morgan fingerprint density at radius 2 is 2.29 bits per heavy atom. The molecule has 1 aliphatic rings. The second-order valence-electron chi connectivity index (χ2n) is 3.02. The lowest BCUT2D eigenvalue weighted by Gasteiger charge is -2.07. The van der Waals surface area contributed by atoms with Crippen molar-refractivity contribution in [3.8, 4) is 0 Å². The van der Waals surface area contributed by atoms with Crippen LogP contribution in [0.25, 0.3) is 0 Å². The molecule has 0 aliphatic carbocycles. The molecule has 0 bridgehead atoms. The molecule has 0 fully saturated rings. The van der Waals surface area contributed by atoms with Crippen LogP contribution in [0.2, 0.25) is 0 Å². The maximum Gasteiger partial charge on any atom is 0.225 e. The molecule has 2 rings (SSSR count). The Balaban J connectivity index is 2.46. The molecule has 3 N–H and O–H groups in total. The molecule has 0 aromatic heterocycles. The summed E-state index contributed by atoms with van der Waals surface area (Å²) in [6.07, 6.45) is 0.445. The van der Waals surface area contributed by atoms with Gasteiger partial charge in [-0.05, 0) is 12.1 Å². The van der Waals surface area contributed by atoms with Crippen LogP contribution >= 0.6 is 11.8 Å². The Labute approximate surface area is 84.9 Å². The van der Waals surface area contributed by atoms with E-state index in [2.05, 4.69) is 5.32 Å². The van der Waals surface area contributed by atoms with E-state index in [1.165, 1.54) is 23.9 Å². The van der Waals surface area contributed by atoms with Crippen LogP contribution in [0.15, 0.2) is 17.0 Å². The van der Waals surface area contributed by atoms with Gasteiger partial charge < -0.3 is 11.1 Å². The van der Waals surface area contributed by atoms with E-state index in [4.69, 9.17) is 5.73 Å². The predicted octanol–water partition coefficient (Wildman–Crippen LogP) is 1.84. The number of nitrogen functional groups attached to an aromatic ring is 1. The van der Waals surface area contributed by atoms with Crippen molar-refractivity contribution in [2.24, 2.45) is 0 Å². The summed E-state index contributed by atoms with van der Waals surface area (Å²) in [5.41, 5.74) is 6.07. The van der Waals surface area contributed by atoms with Gasteiger partial charge in [-0.15, -0.1) is 11.8 Å². The molecule has 0 saturated carbocycles. The lowest BCUT2D eigenvalue weighted by Crippen LogP contribution is -2.10. The van der Waals surface area contributed by atoms with Gasteiger partial charge in [0.2, 0.25) is 5.91 Å². The van der Waals surface area contributed by atoms with Gasteiger partial charge in [0.05, 0.1) is 11.4 Å². The topological polar surface area (TPSA) is 55.1 Å². The van der Waals surface area contributed by atoms with Crippen LogP contribution in [0.4, 0.5) is 15.8 Å². The van der Waals surface area contributed by atoms with E-state index in [9.17, 15) is 9.18 Å². The summed E-state index contributed by atoms with van der Waals surface area (Å²) >= 11 is 1.46. The summed E-state index contributed by atoms with van der Waals surface area (Å²) in [6, 6.07) is 2.82. The first kappa shape index (κ1) is 9.33. The average Bonchev–Trinajstić information content (AvgIpc) is 2.28. The highest BCUT2D eigenvalue weighted by molar-refractivity contribution is 7.99. The number of halogens is 1. The number of hydrogen-bond donors (Lipinski definition) is 2. The maximum absolute atomic E-state index is 13.1. The van der Waals surface area contributed by atoms with Crippen LogP contribution in [-0.4, -0.2) is 11.7 Å². The van der Waals surface area contributed by atoms with Gasteiger partial charge in [0.25, 0.3) is 0 Å². The van der Waals surface area contributed by atoms with Crippen LogP contribution < -0.4 is 11.1 Å². The van der Waals surface area contributed by atoms with E-state index in [1.807, 2.05) is 0 Å². The molecular weight excluding hydrogens is 203 g/mol. The highest BCUT2D eigenvalue weighted by Crippen LogP contribution is 2.33. The fraction of sp³-hybridized carbons (Fsp3) is 0.222. The number of hydrogen-bond acceptors (Lipinski definition) is 3. The molecule has 0 saturated heterocycles. The number of rotatable bonds is 0. The molecule has 1 heterocycles. The number of benzene rings is 1. The lowest BCUT2D eigenvalue weighted by molar-refractivity contribution is -0.115. The van der Waals surface area contributed by atoms with Gasteiger partial charge in [-0.2, -0.15) is 0 Å². The van der Waals surface area contributed by atoms with Crippen LogP contribution in [0.5, 0.6) is 0 Å². The van der Waals surface area contributed by atoms with Crippen molar-refractivity contribution in [1.82, 2.24) is 0 Å². The zero-order valence-electron chi connectivity index (χ0n) is 7.34. The normalized spacial score (nSPS) is 15.6. The first-order chi connectivity index (χ1) is 6.66. The average molecular weight is 212 g/mol. The first-order valence-electron chi connectivity index (χ1n) is 4.18. The molecule has 1 aliphatic heterocycles. The Morgan fingerprint density at radius 1 is 1.50 bits per heavy atom. The Hall–Kier alpha value is -1.23. The predicted molar refractivity (Wildman–Crippen MR) is 54.8 cm³/mol. The van der Waals surface area contributed by atoms with E-state index in [-0.39, 0.29) is 11.6 Å². The molecule has 3 nitrogen and oxygen atoms in total. The van der Waals surface area contributed by atoms with Crippen molar-refractivity contribution in [3.05, 3.63) is 17.9 Å². The Bertz CT molecular complexity index is 395. The third kappa shape index (κ3) is 1.68. The first-order valence-corrected chi connectivity index (χ1v) is 5.17. The van der Waals surface area contributed by atoms with E-state index in [0.29, 0.717) is 17.9 Å². The molecule has 0 radical (unpaired) electrons. The summed E-state index contributed by atoms with van der Waals surface area (Å²) in [5, 5.41) is 2.68. The highest BCUT2D eigenvalue weighted by Gasteiger charge is 2.15. The third-order valence-electron chi connectivity index (χ3n) is 1.96. The van der Waals surface area contributed by atoms with E-state index in [1.54, 1.807) is 0 Å². The molecule has 5 heteroatoms. The minimum atomic E-state index is -0.438. The number of thioether (sulfide) groups is 1. The molecular formula is C9H9FN2OS. The number of carbonyl (C=O) groups excluding carboxylic acids is 1. The molecule has 74 valence electrons. The van der Waals surface area contributed by atoms with E-state index in [0.717, 1.165) is 4.90 Å². The smallest absolute Gasteiger partial charge is 0.225 e. The van der Waals surface area contributed by atoms with Crippen molar-refractivity contribution in [2.75, 3.05) is 16.8 Å². The van der Waals surface area contributed by atoms with Crippen LogP contribution in [0.1, 0.15) is 6.42 Å². The van der Waals surface area contributed by atoms with E-state index >= 15 is 0 Å².